The maximum Gasteiger partial charge on any atom is 0.414 e. The Kier molecular flexibility index (Phi) is 4.45. The SMILES string of the molecule is CN(C)/C=N/c1ccncc1OC(=O)N(C)C. The molecule has 1 heterocycles. The Hall–Kier alpha value is -2.11. The van der Waals surface area contributed by atoms with E-state index in [2.05, 4.69) is 9.98 Å². The van der Waals surface area contributed by atoms with Gasteiger partial charge in [0.1, 0.15) is 5.69 Å². The predicted molar refractivity (Wildman–Crippen MR) is 65.8 cm³/mol. The summed E-state index contributed by atoms with van der Waals surface area (Å²) >= 11 is 0. The molecule has 0 N–H and O–H groups in total. The van der Waals surface area contributed by atoms with Crippen LogP contribution in [0.3, 0.4) is 0 Å². The van der Waals surface area contributed by atoms with Crippen LogP contribution < -0.4 is 4.74 Å². The van der Waals surface area contributed by atoms with Crippen molar-refractivity contribution in [2.45, 2.75) is 0 Å². The number of amides is 1. The van der Waals surface area contributed by atoms with Crippen LogP contribution in [0.1, 0.15) is 0 Å². The van der Waals surface area contributed by atoms with Crippen LogP contribution in [0.15, 0.2) is 23.5 Å². The zero-order valence-electron chi connectivity index (χ0n) is 10.4. The van der Waals surface area contributed by atoms with Crippen molar-refractivity contribution in [3.05, 3.63) is 18.5 Å². The van der Waals surface area contributed by atoms with Crippen molar-refractivity contribution in [3.63, 3.8) is 0 Å². The Labute approximate surface area is 101 Å². The topological polar surface area (TPSA) is 58.0 Å². The maximum atomic E-state index is 11.4. The molecule has 17 heavy (non-hydrogen) atoms. The van der Waals surface area contributed by atoms with E-state index in [4.69, 9.17) is 4.74 Å². The minimum atomic E-state index is -0.459. The molecule has 0 fully saturated rings. The number of hydrogen-bond acceptors (Lipinski definition) is 4. The molecule has 0 aliphatic rings. The van der Waals surface area contributed by atoms with Gasteiger partial charge < -0.3 is 14.5 Å². The molecule has 0 aliphatic carbocycles. The van der Waals surface area contributed by atoms with Crippen molar-refractivity contribution in [2.75, 3.05) is 28.2 Å². The molecule has 0 atom stereocenters. The summed E-state index contributed by atoms with van der Waals surface area (Å²) in [4.78, 5) is 22.6. The lowest BCUT2D eigenvalue weighted by molar-refractivity contribution is 0.172. The fraction of sp³-hybridized carbons (Fsp3) is 0.364. The van der Waals surface area contributed by atoms with Gasteiger partial charge in [0.25, 0.3) is 0 Å². The first-order valence-electron chi connectivity index (χ1n) is 5.04. The summed E-state index contributed by atoms with van der Waals surface area (Å²) in [5.41, 5.74) is 0.559. The summed E-state index contributed by atoms with van der Waals surface area (Å²) in [6.07, 6.45) is 4.22. The molecule has 1 aromatic rings. The first-order chi connectivity index (χ1) is 8.00. The normalized spacial score (nSPS) is 10.4. The van der Waals surface area contributed by atoms with E-state index in [1.165, 1.54) is 11.1 Å². The van der Waals surface area contributed by atoms with Gasteiger partial charge in [0.2, 0.25) is 0 Å². The number of carbonyl (C=O) groups excluding carboxylic acids is 1. The smallest absolute Gasteiger partial charge is 0.406 e. The standard InChI is InChI=1S/C11H16N4O2/c1-14(2)8-13-9-5-6-12-7-10(9)17-11(16)15(3)4/h5-8H,1-4H3/b13-8+. The van der Waals surface area contributed by atoms with Crippen molar-refractivity contribution in [3.8, 4) is 5.75 Å². The molecular formula is C11H16N4O2. The lowest BCUT2D eigenvalue weighted by Gasteiger charge is -2.11. The fourth-order valence-electron chi connectivity index (χ4n) is 0.921. The molecule has 0 aromatic carbocycles. The molecule has 0 unspecified atom stereocenters. The van der Waals surface area contributed by atoms with Crippen LogP contribution >= 0.6 is 0 Å². The predicted octanol–water partition coefficient (Wildman–Crippen LogP) is 1.36. The molecule has 0 saturated heterocycles. The molecule has 0 saturated carbocycles. The van der Waals surface area contributed by atoms with Crippen LogP contribution in [0.5, 0.6) is 5.75 Å². The summed E-state index contributed by atoms with van der Waals surface area (Å²) in [5.74, 6) is 0.337. The highest BCUT2D eigenvalue weighted by Gasteiger charge is 2.10. The highest BCUT2D eigenvalue weighted by atomic mass is 16.6. The molecule has 0 bridgehead atoms. The van der Waals surface area contributed by atoms with Gasteiger partial charge in [-0.25, -0.2) is 9.79 Å². The summed E-state index contributed by atoms with van der Waals surface area (Å²) in [7, 11) is 6.94. The van der Waals surface area contributed by atoms with Gasteiger partial charge in [-0.15, -0.1) is 0 Å². The average Bonchev–Trinajstić information content (AvgIpc) is 2.27. The average molecular weight is 236 g/mol. The summed E-state index contributed by atoms with van der Waals surface area (Å²) in [6, 6.07) is 1.68. The number of nitrogens with zero attached hydrogens (tertiary/aromatic N) is 4. The van der Waals surface area contributed by atoms with Gasteiger partial charge in [-0.2, -0.15) is 0 Å². The van der Waals surface area contributed by atoms with Crippen LogP contribution in [0.2, 0.25) is 0 Å². The quantitative estimate of drug-likeness (QED) is 0.587. The fourth-order valence-corrected chi connectivity index (χ4v) is 0.921. The van der Waals surface area contributed by atoms with Gasteiger partial charge in [-0.3, -0.25) is 4.98 Å². The molecule has 0 spiro atoms. The third-order valence-electron chi connectivity index (χ3n) is 1.75. The Morgan fingerprint density at radius 3 is 2.71 bits per heavy atom. The van der Waals surface area contributed by atoms with Gasteiger partial charge in [0, 0.05) is 34.4 Å². The first-order valence-corrected chi connectivity index (χ1v) is 5.04. The highest BCUT2D eigenvalue weighted by Crippen LogP contribution is 2.25. The largest absolute Gasteiger partial charge is 0.414 e. The number of hydrogen-bond donors (Lipinski definition) is 0. The van der Waals surface area contributed by atoms with E-state index in [0.717, 1.165) is 0 Å². The van der Waals surface area contributed by atoms with Crippen molar-refractivity contribution in [2.24, 2.45) is 4.99 Å². The minimum absolute atomic E-state index is 0.337. The van der Waals surface area contributed by atoms with Gasteiger partial charge >= 0.3 is 6.09 Å². The molecule has 6 nitrogen and oxygen atoms in total. The molecular weight excluding hydrogens is 220 g/mol. The zero-order valence-corrected chi connectivity index (χ0v) is 10.4. The molecule has 1 amide bonds. The summed E-state index contributed by atoms with van der Waals surface area (Å²) in [5, 5.41) is 0. The minimum Gasteiger partial charge on any atom is -0.406 e. The Balaban J connectivity index is 2.88. The van der Waals surface area contributed by atoms with E-state index >= 15 is 0 Å². The molecule has 1 rings (SSSR count). The lowest BCUT2D eigenvalue weighted by atomic mass is 10.4. The van der Waals surface area contributed by atoms with E-state index in [1.54, 1.807) is 37.6 Å². The molecule has 0 radical (unpaired) electrons. The van der Waals surface area contributed by atoms with E-state index < -0.39 is 6.09 Å². The van der Waals surface area contributed by atoms with Gasteiger partial charge in [0.05, 0.1) is 12.5 Å². The second-order valence-electron chi connectivity index (χ2n) is 3.81. The third-order valence-corrected chi connectivity index (χ3v) is 1.75. The molecule has 92 valence electrons. The number of carbonyl (C=O) groups is 1. The van der Waals surface area contributed by atoms with Crippen molar-refractivity contribution < 1.29 is 9.53 Å². The monoisotopic (exact) mass is 236 g/mol. The zero-order chi connectivity index (χ0) is 12.8. The maximum absolute atomic E-state index is 11.4. The number of aromatic nitrogens is 1. The number of pyridine rings is 1. The molecule has 1 aromatic heterocycles. The number of rotatable bonds is 3. The second-order valence-corrected chi connectivity index (χ2v) is 3.81. The van der Waals surface area contributed by atoms with E-state index in [0.29, 0.717) is 11.4 Å². The summed E-state index contributed by atoms with van der Waals surface area (Å²) < 4.78 is 5.13. The van der Waals surface area contributed by atoms with Gasteiger partial charge in [-0.1, -0.05) is 0 Å². The van der Waals surface area contributed by atoms with Crippen molar-refractivity contribution in [1.82, 2.24) is 14.8 Å². The Bertz CT molecular complexity index is 416. The molecule has 0 aliphatic heterocycles. The van der Waals surface area contributed by atoms with Gasteiger partial charge in [-0.05, 0) is 6.07 Å². The Morgan fingerprint density at radius 2 is 2.12 bits per heavy atom. The Morgan fingerprint density at radius 1 is 1.41 bits per heavy atom. The van der Waals surface area contributed by atoms with Crippen molar-refractivity contribution in [1.29, 1.82) is 0 Å². The summed E-state index contributed by atoms with van der Waals surface area (Å²) in [6.45, 7) is 0. The number of ether oxygens (including phenoxy) is 1. The molecule has 6 heteroatoms. The third kappa shape index (κ3) is 4.10. The highest BCUT2D eigenvalue weighted by molar-refractivity contribution is 5.73. The van der Waals surface area contributed by atoms with Gasteiger partial charge in [0.15, 0.2) is 5.75 Å². The van der Waals surface area contributed by atoms with E-state index in [9.17, 15) is 4.79 Å². The van der Waals surface area contributed by atoms with Crippen LogP contribution in [-0.2, 0) is 0 Å². The van der Waals surface area contributed by atoms with Crippen LogP contribution in [0, 0.1) is 0 Å². The van der Waals surface area contributed by atoms with Crippen LogP contribution in [0.25, 0.3) is 0 Å². The van der Waals surface area contributed by atoms with Crippen LogP contribution in [0.4, 0.5) is 10.5 Å². The number of aliphatic imine (C=N–C) groups is 1. The van der Waals surface area contributed by atoms with Crippen molar-refractivity contribution >= 4 is 18.1 Å². The first kappa shape index (κ1) is 13.0. The van der Waals surface area contributed by atoms with E-state index in [1.807, 2.05) is 14.1 Å². The van der Waals surface area contributed by atoms with E-state index in [-0.39, 0.29) is 0 Å². The van der Waals surface area contributed by atoms with Crippen LogP contribution in [-0.4, -0.2) is 55.4 Å². The second kappa shape index (κ2) is 5.83. The lowest BCUT2D eigenvalue weighted by Crippen LogP contribution is -2.25.